The van der Waals surface area contributed by atoms with Crippen molar-refractivity contribution in [2.75, 3.05) is 37.7 Å². The molecule has 2 saturated heterocycles. The van der Waals surface area contributed by atoms with Gasteiger partial charge in [-0.25, -0.2) is 0 Å². The van der Waals surface area contributed by atoms with E-state index < -0.39 is 29.1 Å². The SMILES string of the molecule is CCCN1CC=C[C@]2(CC)O[C@]34C=CCN(c5c(C)cccc5C)C(=O)C3N(CCCO)C(=O)[C@@H]4[C@@H]2C1=O. The highest BCUT2D eigenvalue weighted by Gasteiger charge is 2.75. The third-order valence-corrected chi connectivity index (χ3v) is 8.78. The van der Waals surface area contributed by atoms with Crippen LogP contribution in [0.4, 0.5) is 5.69 Å². The largest absolute Gasteiger partial charge is 0.396 e. The quantitative estimate of drug-likeness (QED) is 0.558. The molecule has 1 N–H and O–H groups in total. The molecule has 2 fully saturated rings. The molecule has 0 bridgehead atoms. The molecule has 38 heavy (non-hydrogen) atoms. The molecule has 1 aromatic carbocycles. The van der Waals surface area contributed by atoms with Crippen molar-refractivity contribution < 1.29 is 24.2 Å². The molecular formula is C30H39N3O5. The van der Waals surface area contributed by atoms with Crippen LogP contribution in [-0.4, -0.2) is 82.7 Å². The minimum absolute atomic E-state index is 0.0895. The summed E-state index contributed by atoms with van der Waals surface area (Å²) < 4.78 is 6.98. The summed E-state index contributed by atoms with van der Waals surface area (Å²) in [6.07, 6.45) is 9.41. The van der Waals surface area contributed by atoms with Crippen molar-refractivity contribution >= 4 is 23.4 Å². The van der Waals surface area contributed by atoms with Crippen LogP contribution in [-0.2, 0) is 19.1 Å². The lowest BCUT2D eigenvalue weighted by molar-refractivity contribution is -0.150. The first-order valence-corrected chi connectivity index (χ1v) is 13.9. The maximum Gasteiger partial charge on any atom is 0.253 e. The van der Waals surface area contributed by atoms with Gasteiger partial charge in [-0.1, -0.05) is 56.4 Å². The van der Waals surface area contributed by atoms with Gasteiger partial charge in [-0.3, -0.25) is 14.4 Å². The molecule has 5 rings (SSSR count). The first-order chi connectivity index (χ1) is 18.3. The molecule has 0 saturated carbocycles. The smallest absolute Gasteiger partial charge is 0.253 e. The van der Waals surface area contributed by atoms with E-state index in [9.17, 15) is 19.5 Å². The summed E-state index contributed by atoms with van der Waals surface area (Å²) in [5, 5.41) is 9.63. The molecule has 5 atom stereocenters. The number of aliphatic hydroxyl groups is 1. The van der Waals surface area contributed by atoms with Crippen LogP contribution in [0.15, 0.2) is 42.5 Å². The van der Waals surface area contributed by atoms with Crippen molar-refractivity contribution in [1.82, 2.24) is 9.80 Å². The predicted octanol–water partition coefficient (Wildman–Crippen LogP) is 2.76. The number of para-hydroxylation sites is 1. The van der Waals surface area contributed by atoms with E-state index in [1.165, 1.54) is 0 Å². The van der Waals surface area contributed by atoms with Crippen LogP contribution in [0, 0.1) is 25.7 Å². The number of benzene rings is 1. The fraction of sp³-hybridized carbons (Fsp3) is 0.567. The number of likely N-dealkylation sites (tertiary alicyclic amines) is 1. The third kappa shape index (κ3) is 3.75. The highest BCUT2D eigenvalue weighted by atomic mass is 16.5. The molecule has 8 nitrogen and oxygen atoms in total. The van der Waals surface area contributed by atoms with Gasteiger partial charge in [0.1, 0.15) is 11.6 Å². The van der Waals surface area contributed by atoms with Crippen LogP contribution in [0.1, 0.15) is 44.2 Å². The van der Waals surface area contributed by atoms with Crippen molar-refractivity contribution in [2.24, 2.45) is 11.8 Å². The number of fused-ring (bicyclic) bond motifs is 2. The number of rotatable bonds is 7. The van der Waals surface area contributed by atoms with Crippen LogP contribution in [0.25, 0.3) is 0 Å². The van der Waals surface area contributed by atoms with E-state index in [-0.39, 0.29) is 30.9 Å². The highest BCUT2D eigenvalue weighted by molar-refractivity contribution is 6.06. The van der Waals surface area contributed by atoms with E-state index in [0.29, 0.717) is 32.5 Å². The maximum absolute atomic E-state index is 14.5. The van der Waals surface area contributed by atoms with Crippen molar-refractivity contribution in [1.29, 1.82) is 0 Å². The Labute approximate surface area is 224 Å². The molecule has 0 aliphatic carbocycles. The third-order valence-electron chi connectivity index (χ3n) is 8.78. The number of anilines is 1. The minimum Gasteiger partial charge on any atom is -0.396 e. The zero-order chi connectivity index (χ0) is 27.2. The molecule has 1 aromatic rings. The van der Waals surface area contributed by atoms with Crippen LogP contribution in [0.5, 0.6) is 0 Å². The summed E-state index contributed by atoms with van der Waals surface area (Å²) in [4.78, 5) is 48.0. The second-order valence-electron chi connectivity index (χ2n) is 11.0. The average Bonchev–Trinajstić information content (AvgIpc) is 3.18. The van der Waals surface area contributed by atoms with Gasteiger partial charge in [0, 0.05) is 38.5 Å². The minimum atomic E-state index is -1.27. The zero-order valence-electron chi connectivity index (χ0n) is 22.9. The molecular weight excluding hydrogens is 482 g/mol. The molecule has 1 unspecified atom stereocenters. The van der Waals surface area contributed by atoms with Gasteiger partial charge in [-0.05, 0) is 44.2 Å². The topological polar surface area (TPSA) is 90.4 Å². The number of aryl methyl sites for hydroxylation is 2. The van der Waals surface area contributed by atoms with Gasteiger partial charge < -0.3 is 24.5 Å². The molecule has 4 aliphatic rings. The Morgan fingerprint density at radius 2 is 1.66 bits per heavy atom. The fourth-order valence-electron chi connectivity index (χ4n) is 7.19. The molecule has 0 aromatic heterocycles. The number of nitrogens with zero attached hydrogens (tertiary/aromatic N) is 3. The zero-order valence-corrected chi connectivity index (χ0v) is 22.9. The Morgan fingerprint density at radius 1 is 0.947 bits per heavy atom. The van der Waals surface area contributed by atoms with Crippen molar-refractivity contribution in [3.8, 4) is 0 Å². The van der Waals surface area contributed by atoms with E-state index in [4.69, 9.17) is 4.74 Å². The van der Waals surface area contributed by atoms with Gasteiger partial charge in [-0.15, -0.1) is 0 Å². The summed E-state index contributed by atoms with van der Waals surface area (Å²) in [6, 6.07) is 5.00. The monoisotopic (exact) mass is 521 g/mol. The first kappa shape index (κ1) is 26.6. The summed E-state index contributed by atoms with van der Waals surface area (Å²) >= 11 is 0. The number of aliphatic hydroxyl groups excluding tert-OH is 1. The van der Waals surface area contributed by atoms with Crippen molar-refractivity contribution in [2.45, 2.75) is 64.2 Å². The lowest BCUT2D eigenvalue weighted by atomic mass is 9.73. The lowest BCUT2D eigenvalue weighted by Crippen LogP contribution is -2.56. The molecule has 8 heteroatoms. The Morgan fingerprint density at radius 3 is 2.32 bits per heavy atom. The second-order valence-corrected chi connectivity index (χ2v) is 11.0. The van der Waals surface area contributed by atoms with Crippen molar-refractivity contribution in [3.63, 3.8) is 0 Å². The number of ether oxygens (including phenoxy) is 1. The van der Waals surface area contributed by atoms with Gasteiger partial charge in [0.05, 0.1) is 17.4 Å². The summed E-state index contributed by atoms with van der Waals surface area (Å²) in [7, 11) is 0. The first-order valence-electron chi connectivity index (χ1n) is 13.9. The number of carbonyl (C=O) groups excluding carboxylic acids is 3. The number of carbonyl (C=O) groups is 3. The maximum atomic E-state index is 14.5. The fourth-order valence-corrected chi connectivity index (χ4v) is 7.19. The molecule has 3 amide bonds. The van der Waals surface area contributed by atoms with Gasteiger partial charge in [-0.2, -0.15) is 0 Å². The van der Waals surface area contributed by atoms with Gasteiger partial charge in [0.25, 0.3) is 5.91 Å². The van der Waals surface area contributed by atoms with Crippen LogP contribution < -0.4 is 4.90 Å². The van der Waals surface area contributed by atoms with E-state index in [0.717, 1.165) is 23.2 Å². The van der Waals surface area contributed by atoms with E-state index in [1.807, 2.05) is 75.1 Å². The normalized spacial score (nSPS) is 32.4. The predicted molar refractivity (Wildman–Crippen MR) is 144 cm³/mol. The highest BCUT2D eigenvalue weighted by Crippen LogP contribution is 2.58. The van der Waals surface area contributed by atoms with Crippen LogP contribution >= 0.6 is 0 Å². The molecule has 4 heterocycles. The van der Waals surface area contributed by atoms with Crippen molar-refractivity contribution in [3.05, 3.63) is 53.6 Å². The molecule has 1 spiro atoms. The second kappa shape index (κ2) is 9.97. The number of hydrogen-bond acceptors (Lipinski definition) is 5. The number of hydrogen-bond donors (Lipinski definition) is 1. The Hall–Kier alpha value is -2.97. The summed E-state index contributed by atoms with van der Waals surface area (Å²) in [6.45, 7) is 9.51. The standard InChI is InChI=1S/C30H39N3O5/c1-5-15-31-16-8-13-29(6-2)22(26(31)35)23-27(36)33(18-10-19-34)25-28(37)32(17-9-14-30(23,25)38-29)24-20(3)11-7-12-21(24)4/h7-9,11-14,22-23,25,34H,5-6,10,15-19H2,1-4H3/t22-,23+,25?,29+,30+/m1/s1. The molecule has 4 aliphatic heterocycles. The van der Waals surface area contributed by atoms with E-state index >= 15 is 0 Å². The van der Waals surface area contributed by atoms with Gasteiger partial charge in [0.2, 0.25) is 11.8 Å². The molecule has 204 valence electrons. The van der Waals surface area contributed by atoms with Crippen LogP contribution in [0.3, 0.4) is 0 Å². The van der Waals surface area contributed by atoms with Gasteiger partial charge in [0.15, 0.2) is 0 Å². The molecule has 0 radical (unpaired) electrons. The Kier molecular flexibility index (Phi) is 6.99. The van der Waals surface area contributed by atoms with E-state index in [1.54, 1.807) is 9.80 Å². The van der Waals surface area contributed by atoms with Gasteiger partial charge >= 0.3 is 0 Å². The number of amides is 3. The van der Waals surface area contributed by atoms with Crippen LogP contribution in [0.2, 0.25) is 0 Å². The summed E-state index contributed by atoms with van der Waals surface area (Å²) in [5.74, 6) is -2.10. The van der Waals surface area contributed by atoms with E-state index in [2.05, 4.69) is 0 Å². The lowest BCUT2D eigenvalue weighted by Gasteiger charge is -2.38. The Bertz CT molecular complexity index is 1170. The summed E-state index contributed by atoms with van der Waals surface area (Å²) in [5.41, 5.74) is 0.534. The Balaban J connectivity index is 1.67. The average molecular weight is 522 g/mol.